The van der Waals surface area contributed by atoms with Crippen LogP contribution in [0.15, 0.2) is 94.4 Å². The molecule has 0 aliphatic heterocycles. The van der Waals surface area contributed by atoms with Crippen LogP contribution in [0.1, 0.15) is 30.7 Å². The molecule has 0 aliphatic carbocycles. The summed E-state index contributed by atoms with van der Waals surface area (Å²) in [7, 11) is -3.24. The molecule has 0 fully saturated rings. The first-order chi connectivity index (χ1) is 20.9. The van der Waals surface area contributed by atoms with Crippen molar-refractivity contribution in [2.75, 3.05) is 30.4 Å². The van der Waals surface area contributed by atoms with Crippen LogP contribution >= 0.6 is 0 Å². The fourth-order valence-corrected chi connectivity index (χ4v) is 5.47. The van der Waals surface area contributed by atoms with E-state index in [1.807, 2.05) is 18.7 Å². The van der Waals surface area contributed by atoms with Crippen LogP contribution in [0.2, 0.25) is 0 Å². The van der Waals surface area contributed by atoms with Crippen molar-refractivity contribution < 1.29 is 39.7 Å². The Morgan fingerprint density at radius 3 is 2.32 bits per heavy atom. The smallest absolute Gasteiger partial charge is 0.416 e. The Bertz CT molecular complexity index is 1670. The van der Waals surface area contributed by atoms with Gasteiger partial charge in [-0.1, -0.05) is 24.3 Å². The van der Waals surface area contributed by atoms with Crippen LogP contribution in [0.4, 0.5) is 29.3 Å². The van der Waals surface area contributed by atoms with E-state index in [1.165, 1.54) is 24.3 Å². The summed E-state index contributed by atoms with van der Waals surface area (Å²) in [5, 5.41) is 2.80. The molecule has 0 bridgehead atoms. The van der Waals surface area contributed by atoms with Crippen molar-refractivity contribution in [3.8, 4) is 11.5 Å². The van der Waals surface area contributed by atoms with Gasteiger partial charge in [-0.3, -0.25) is 0 Å². The second-order valence-electron chi connectivity index (χ2n) is 9.59. The summed E-state index contributed by atoms with van der Waals surface area (Å²) in [4.78, 5) is 16.2. The van der Waals surface area contributed by atoms with Gasteiger partial charge in [0.25, 0.3) is 0 Å². The van der Waals surface area contributed by atoms with Gasteiger partial charge in [-0.15, -0.1) is 0 Å². The molecule has 44 heavy (non-hydrogen) atoms. The molecule has 0 saturated heterocycles. The van der Waals surface area contributed by atoms with Gasteiger partial charge < -0.3 is 28.5 Å². The highest BCUT2D eigenvalue weighted by atomic mass is 32.2. The maximum Gasteiger partial charge on any atom is 0.416 e. The van der Waals surface area contributed by atoms with Gasteiger partial charge in [0.1, 0.15) is 22.2 Å². The molecule has 9 nitrogen and oxygen atoms in total. The summed E-state index contributed by atoms with van der Waals surface area (Å²) < 4.78 is 83.0. The molecule has 234 valence electrons. The molecule has 0 saturated carbocycles. The standard InChI is InChI=1S/C31H32F3N3O6S/c1-4-36(5-2)24-16-15-22(29(19-24)43-44(39,40)26-12-8-10-23(18-26)31(32,33)34)20-37(21-25-11-9-17-42-25)30(38)35-27-13-6-7-14-28(27)41-3/h6-19H,4-5,20-21H2,1-3H3,(H,35,38). The highest BCUT2D eigenvalue weighted by molar-refractivity contribution is 7.87. The average Bonchev–Trinajstić information content (AvgIpc) is 3.51. The monoisotopic (exact) mass is 631 g/mol. The first-order valence-corrected chi connectivity index (χ1v) is 15.1. The largest absolute Gasteiger partial charge is 0.495 e. The van der Waals surface area contributed by atoms with E-state index in [0.717, 1.165) is 18.2 Å². The van der Waals surface area contributed by atoms with Crippen molar-refractivity contribution in [2.24, 2.45) is 0 Å². The third-order valence-electron chi connectivity index (χ3n) is 6.75. The number of rotatable bonds is 12. The second-order valence-corrected chi connectivity index (χ2v) is 11.1. The molecule has 4 aromatic rings. The molecule has 1 heterocycles. The number of furan rings is 1. The molecule has 0 radical (unpaired) electrons. The zero-order chi connectivity index (χ0) is 31.9. The Kier molecular flexibility index (Phi) is 10.1. The number of benzene rings is 3. The Balaban J connectivity index is 1.73. The molecule has 13 heteroatoms. The lowest BCUT2D eigenvalue weighted by molar-refractivity contribution is -0.137. The fraction of sp³-hybridized carbons (Fsp3) is 0.258. The number of nitrogens with zero attached hydrogens (tertiary/aromatic N) is 2. The molecule has 0 atom stereocenters. The summed E-state index contributed by atoms with van der Waals surface area (Å²) in [5.41, 5.74) is 0.198. The van der Waals surface area contributed by atoms with Gasteiger partial charge in [0.2, 0.25) is 0 Å². The lowest BCUT2D eigenvalue weighted by Crippen LogP contribution is -2.34. The molecule has 0 unspecified atom stereocenters. The lowest BCUT2D eigenvalue weighted by Gasteiger charge is -2.26. The van der Waals surface area contributed by atoms with Crippen LogP contribution in [0, 0.1) is 0 Å². The van der Waals surface area contributed by atoms with E-state index in [4.69, 9.17) is 13.3 Å². The Morgan fingerprint density at radius 1 is 0.909 bits per heavy atom. The predicted molar refractivity (Wildman–Crippen MR) is 159 cm³/mol. The van der Waals surface area contributed by atoms with Gasteiger partial charge in [-0.05, 0) is 62.4 Å². The number of carbonyl (C=O) groups is 1. The molecule has 3 aromatic carbocycles. The van der Waals surface area contributed by atoms with Crippen LogP contribution in [0.25, 0.3) is 0 Å². The SMILES string of the molecule is CCN(CC)c1ccc(CN(Cc2ccco2)C(=O)Nc2ccccc2OC)c(OS(=O)(=O)c2cccc(C(F)(F)F)c2)c1. The number of hydrogen-bond acceptors (Lipinski definition) is 7. The van der Waals surface area contributed by atoms with Crippen molar-refractivity contribution in [1.29, 1.82) is 0 Å². The molecule has 0 spiro atoms. The van der Waals surface area contributed by atoms with Gasteiger partial charge in [-0.2, -0.15) is 21.6 Å². The number of anilines is 2. The number of halogens is 3. The van der Waals surface area contributed by atoms with Crippen molar-refractivity contribution in [1.82, 2.24) is 4.90 Å². The highest BCUT2D eigenvalue weighted by Gasteiger charge is 2.32. The number of urea groups is 1. The molecule has 1 N–H and O–H groups in total. The summed E-state index contributed by atoms with van der Waals surface area (Å²) in [6.07, 6.45) is -3.29. The van der Waals surface area contributed by atoms with E-state index >= 15 is 0 Å². The summed E-state index contributed by atoms with van der Waals surface area (Å²) in [6, 6.07) is 17.8. The van der Waals surface area contributed by atoms with Crippen molar-refractivity contribution >= 4 is 27.5 Å². The van der Waals surface area contributed by atoms with Crippen molar-refractivity contribution in [3.63, 3.8) is 0 Å². The van der Waals surface area contributed by atoms with Crippen LogP contribution in [0.5, 0.6) is 11.5 Å². The Labute approximate surface area is 253 Å². The van der Waals surface area contributed by atoms with E-state index in [-0.39, 0.29) is 24.4 Å². The van der Waals surface area contributed by atoms with E-state index in [2.05, 4.69) is 5.32 Å². The number of alkyl halides is 3. The minimum Gasteiger partial charge on any atom is -0.495 e. The number of carbonyl (C=O) groups excluding carboxylic acids is 1. The zero-order valence-corrected chi connectivity index (χ0v) is 25.1. The zero-order valence-electron chi connectivity index (χ0n) is 24.3. The quantitative estimate of drug-likeness (QED) is 0.166. The van der Waals surface area contributed by atoms with Crippen LogP contribution < -0.4 is 19.1 Å². The maximum absolute atomic E-state index is 13.6. The highest BCUT2D eigenvalue weighted by Crippen LogP contribution is 2.34. The number of amides is 2. The van der Waals surface area contributed by atoms with Crippen molar-refractivity contribution in [3.05, 3.63) is 102 Å². The third kappa shape index (κ3) is 7.84. The Morgan fingerprint density at radius 2 is 1.66 bits per heavy atom. The first kappa shape index (κ1) is 32.3. The number of ether oxygens (including phenoxy) is 1. The average molecular weight is 632 g/mol. The number of hydrogen-bond donors (Lipinski definition) is 1. The molecular formula is C31H32F3N3O6S. The fourth-order valence-electron chi connectivity index (χ4n) is 4.47. The van der Waals surface area contributed by atoms with Gasteiger partial charge in [0.05, 0.1) is 37.7 Å². The van der Waals surface area contributed by atoms with Crippen LogP contribution in [0.3, 0.4) is 0 Å². The third-order valence-corrected chi connectivity index (χ3v) is 7.98. The minimum atomic E-state index is -4.75. The van der Waals surface area contributed by atoms with Gasteiger partial charge >= 0.3 is 22.3 Å². The molecule has 4 rings (SSSR count). The van der Waals surface area contributed by atoms with Crippen LogP contribution in [-0.2, 0) is 29.4 Å². The molecule has 2 amide bonds. The topological polar surface area (TPSA) is 101 Å². The van der Waals surface area contributed by atoms with Crippen LogP contribution in [-0.4, -0.2) is 39.5 Å². The first-order valence-electron chi connectivity index (χ1n) is 13.7. The van der Waals surface area contributed by atoms with E-state index in [0.29, 0.717) is 42.0 Å². The molecule has 1 aromatic heterocycles. The summed E-state index contributed by atoms with van der Waals surface area (Å²) in [6.45, 7) is 4.90. The summed E-state index contributed by atoms with van der Waals surface area (Å²) >= 11 is 0. The van der Waals surface area contributed by atoms with Gasteiger partial charge in [0, 0.05) is 30.4 Å². The predicted octanol–water partition coefficient (Wildman–Crippen LogP) is 7.16. The minimum absolute atomic E-state index is 0.00555. The maximum atomic E-state index is 13.6. The van der Waals surface area contributed by atoms with Gasteiger partial charge in [-0.25, -0.2) is 4.79 Å². The van der Waals surface area contributed by atoms with E-state index < -0.39 is 32.8 Å². The number of nitrogens with one attached hydrogen (secondary N) is 1. The number of methoxy groups -OCH3 is 1. The van der Waals surface area contributed by atoms with Gasteiger partial charge in [0.15, 0.2) is 0 Å². The second kappa shape index (κ2) is 13.8. The molecule has 0 aliphatic rings. The summed E-state index contributed by atoms with van der Waals surface area (Å²) in [5.74, 6) is 0.749. The Hall–Kier alpha value is -4.65. The normalized spacial score (nSPS) is 11.6. The molecular weight excluding hydrogens is 599 g/mol. The lowest BCUT2D eigenvalue weighted by atomic mass is 10.1. The van der Waals surface area contributed by atoms with E-state index in [1.54, 1.807) is 48.5 Å². The van der Waals surface area contributed by atoms with Crippen molar-refractivity contribution in [2.45, 2.75) is 38.0 Å². The number of para-hydroxylation sites is 2. The van der Waals surface area contributed by atoms with E-state index in [9.17, 15) is 26.4 Å².